The highest BCUT2D eigenvalue weighted by atomic mass is 19.1. The van der Waals surface area contributed by atoms with Gasteiger partial charge in [0, 0.05) is 19.3 Å². The summed E-state index contributed by atoms with van der Waals surface area (Å²) in [5, 5.41) is 2.06. The van der Waals surface area contributed by atoms with Crippen molar-refractivity contribution in [3.05, 3.63) is 24.3 Å². The number of rotatable bonds is 2. The Labute approximate surface area is 82.9 Å². The van der Waals surface area contributed by atoms with Gasteiger partial charge in [-0.25, -0.2) is 9.40 Å². The third kappa shape index (κ3) is 2.20. The van der Waals surface area contributed by atoms with Gasteiger partial charge in [-0.3, -0.25) is 4.98 Å². The fourth-order valence-corrected chi connectivity index (χ4v) is 1.64. The number of hydrazine groups is 1. The second-order valence-electron chi connectivity index (χ2n) is 3.52. The van der Waals surface area contributed by atoms with Crippen LogP contribution in [0.4, 0.5) is 10.1 Å². The Balaban J connectivity index is 1.99. The van der Waals surface area contributed by atoms with Gasteiger partial charge in [-0.2, -0.15) is 0 Å². The quantitative estimate of drug-likeness (QED) is 0.782. The first-order chi connectivity index (χ1) is 6.86. The van der Waals surface area contributed by atoms with Crippen molar-refractivity contribution in [2.24, 2.45) is 0 Å². The van der Waals surface area contributed by atoms with Gasteiger partial charge < -0.3 is 5.43 Å². The van der Waals surface area contributed by atoms with E-state index in [0.29, 0.717) is 5.69 Å². The van der Waals surface area contributed by atoms with Gasteiger partial charge >= 0.3 is 0 Å². The Morgan fingerprint density at radius 1 is 1.29 bits per heavy atom. The van der Waals surface area contributed by atoms with Gasteiger partial charge in [-0.1, -0.05) is 6.42 Å². The third-order valence-corrected chi connectivity index (χ3v) is 2.41. The van der Waals surface area contributed by atoms with E-state index >= 15 is 0 Å². The minimum atomic E-state index is -0.293. The van der Waals surface area contributed by atoms with Crippen LogP contribution in [0.2, 0.25) is 0 Å². The summed E-state index contributed by atoms with van der Waals surface area (Å²) >= 11 is 0. The molecule has 0 aromatic carbocycles. The van der Waals surface area contributed by atoms with Crippen molar-refractivity contribution in [1.29, 1.82) is 0 Å². The number of hydrogen-bond acceptors (Lipinski definition) is 3. The minimum absolute atomic E-state index is 0.293. The highest BCUT2D eigenvalue weighted by Gasteiger charge is 2.11. The van der Waals surface area contributed by atoms with E-state index in [1.807, 2.05) is 0 Å². The van der Waals surface area contributed by atoms with Crippen LogP contribution in [-0.4, -0.2) is 23.1 Å². The number of nitrogens with zero attached hydrogens (tertiary/aromatic N) is 2. The number of anilines is 1. The number of aromatic nitrogens is 1. The zero-order chi connectivity index (χ0) is 9.80. The van der Waals surface area contributed by atoms with E-state index in [1.54, 1.807) is 12.3 Å². The van der Waals surface area contributed by atoms with E-state index in [9.17, 15) is 4.39 Å². The van der Waals surface area contributed by atoms with E-state index < -0.39 is 0 Å². The molecular weight excluding hydrogens is 181 g/mol. The van der Waals surface area contributed by atoms with Crippen LogP contribution in [0.5, 0.6) is 0 Å². The molecule has 0 aliphatic carbocycles. The van der Waals surface area contributed by atoms with Crippen molar-refractivity contribution < 1.29 is 4.39 Å². The van der Waals surface area contributed by atoms with E-state index in [2.05, 4.69) is 15.4 Å². The summed E-state index contributed by atoms with van der Waals surface area (Å²) in [6.45, 7) is 1.98. The van der Waals surface area contributed by atoms with Gasteiger partial charge in [-0.15, -0.1) is 0 Å². The summed E-state index contributed by atoms with van der Waals surface area (Å²) in [7, 11) is 0. The highest BCUT2D eigenvalue weighted by Crippen LogP contribution is 2.15. The molecule has 0 saturated carbocycles. The Morgan fingerprint density at radius 3 is 2.79 bits per heavy atom. The van der Waals surface area contributed by atoms with Gasteiger partial charge in [0.2, 0.25) is 0 Å². The number of hydrogen-bond donors (Lipinski definition) is 1. The molecule has 0 amide bonds. The van der Waals surface area contributed by atoms with Crippen LogP contribution in [0, 0.1) is 5.82 Å². The molecular formula is C10H14FN3. The first kappa shape index (κ1) is 9.40. The molecule has 2 rings (SSSR count). The lowest BCUT2D eigenvalue weighted by molar-refractivity contribution is 0.272. The van der Waals surface area contributed by atoms with Gasteiger partial charge in [0.15, 0.2) is 5.82 Å². The summed E-state index contributed by atoms with van der Waals surface area (Å²) < 4.78 is 13.2. The smallest absolute Gasteiger partial charge is 0.165 e. The van der Waals surface area contributed by atoms with Crippen molar-refractivity contribution in [1.82, 2.24) is 9.99 Å². The summed E-state index contributed by atoms with van der Waals surface area (Å²) in [4.78, 5) is 3.70. The SMILES string of the molecule is Fc1cnccc1NN1CCCCC1. The van der Waals surface area contributed by atoms with Crippen molar-refractivity contribution in [3.8, 4) is 0 Å². The van der Waals surface area contributed by atoms with E-state index in [0.717, 1.165) is 13.1 Å². The van der Waals surface area contributed by atoms with Crippen LogP contribution in [0.25, 0.3) is 0 Å². The van der Waals surface area contributed by atoms with Gasteiger partial charge in [-0.05, 0) is 18.9 Å². The molecule has 1 aromatic heterocycles. The molecule has 1 aliphatic heterocycles. The van der Waals surface area contributed by atoms with Crippen LogP contribution < -0.4 is 5.43 Å². The monoisotopic (exact) mass is 195 g/mol. The highest BCUT2D eigenvalue weighted by molar-refractivity contribution is 5.41. The van der Waals surface area contributed by atoms with Gasteiger partial charge in [0.1, 0.15) is 0 Å². The van der Waals surface area contributed by atoms with Gasteiger partial charge in [0.25, 0.3) is 0 Å². The number of nitrogens with one attached hydrogen (secondary N) is 1. The van der Waals surface area contributed by atoms with Crippen molar-refractivity contribution in [2.75, 3.05) is 18.5 Å². The summed E-state index contributed by atoms with van der Waals surface area (Å²) in [6.07, 6.45) is 6.46. The summed E-state index contributed by atoms with van der Waals surface area (Å²) in [6, 6.07) is 1.66. The van der Waals surface area contributed by atoms with Crippen LogP contribution >= 0.6 is 0 Å². The zero-order valence-corrected chi connectivity index (χ0v) is 8.04. The fourth-order valence-electron chi connectivity index (χ4n) is 1.64. The molecule has 0 atom stereocenters. The molecule has 3 nitrogen and oxygen atoms in total. The lowest BCUT2D eigenvalue weighted by Crippen LogP contribution is -2.35. The molecule has 14 heavy (non-hydrogen) atoms. The zero-order valence-electron chi connectivity index (χ0n) is 8.04. The fraction of sp³-hybridized carbons (Fsp3) is 0.500. The molecule has 1 N–H and O–H groups in total. The standard InChI is InChI=1S/C10H14FN3/c11-9-8-12-5-4-10(9)13-14-6-2-1-3-7-14/h4-5,8H,1-3,6-7H2,(H,12,13). The normalized spacial score (nSPS) is 18.1. The maximum absolute atomic E-state index is 13.2. The molecule has 0 spiro atoms. The molecule has 1 saturated heterocycles. The largest absolute Gasteiger partial charge is 0.316 e. The van der Waals surface area contributed by atoms with Crippen LogP contribution in [0.15, 0.2) is 18.5 Å². The molecule has 0 unspecified atom stereocenters. The van der Waals surface area contributed by atoms with E-state index in [-0.39, 0.29) is 5.82 Å². The van der Waals surface area contributed by atoms with Crippen LogP contribution in [0.3, 0.4) is 0 Å². The van der Waals surface area contributed by atoms with Crippen LogP contribution in [0.1, 0.15) is 19.3 Å². The Bertz CT molecular complexity index is 297. The Hall–Kier alpha value is -1.16. The third-order valence-electron chi connectivity index (χ3n) is 2.41. The molecule has 4 heteroatoms. The average Bonchev–Trinajstić information content (AvgIpc) is 2.23. The topological polar surface area (TPSA) is 28.2 Å². The second-order valence-corrected chi connectivity index (χ2v) is 3.52. The second kappa shape index (κ2) is 4.37. The summed E-state index contributed by atoms with van der Waals surface area (Å²) in [5.41, 5.74) is 3.58. The maximum Gasteiger partial charge on any atom is 0.165 e. The van der Waals surface area contributed by atoms with Crippen LogP contribution in [-0.2, 0) is 0 Å². The molecule has 1 fully saturated rings. The number of pyridine rings is 1. The molecule has 2 heterocycles. The predicted molar refractivity (Wildman–Crippen MR) is 53.2 cm³/mol. The van der Waals surface area contributed by atoms with Crippen molar-refractivity contribution in [2.45, 2.75) is 19.3 Å². The van der Waals surface area contributed by atoms with Gasteiger partial charge in [0.05, 0.1) is 11.9 Å². The first-order valence-electron chi connectivity index (χ1n) is 4.97. The van der Waals surface area contributed by atoms with Crippen molar-refractivity contribution in [3.63, 3.8) is 0 Å². The van der Waals surface area contributed by atoms with E-state index in [4.69, 9.17) is 0 Å². The maximum atomic E-state index is 13.2. The molecule has 0 radical (unpaired) electrons. The minimum Gasteiger partial charge on any atom is -0.316 e. The molecule has 76 valence electrons. The lowest BCUT2D eigenvalue weighted by atomic mass is 10.2. The Morgan fingerprint density at radius 2 is 2.07 bits per heavy atom. The number of piperidine rings is 1. The first-order valence-corrected chi connectivity index (χ1v) is 4.97. The molecule has 1 aliphatic rings. The average molecular weight is 195 g/mol. The van der Waals surface area contributed by atoms with E-state index in [1.165, 1.54) is 25.5 Å². The Kier molecular flexibility index (Phi) is 2.93. The predicted octanol–water partition coefficient (Wildman–Crippen LogP) is 2.03. The number of halogens is 1. The molecule has 0 bridgehead atoms. The van der Waals surface area contributed by atoms with Crippen molar-refractivity contribution >= 4 is 5.69 Å². The summed E-state index contributed by atoms with van der Waals surface area (Å²) in [5.74, 6) is -0.293. The molecule has 1 aromatic rings. The lowest BCUT2D eigenvalue weighted by Gasteiger charge is -2.27.